The Morgan fingerprint density at radius 2 is 1.58 bits per heavy atom. The lowest BCUT2D eigenvalue weighted by molar-refractivity contribution is -0.139. The SMILES string of the molecule is O=C(N[C@@H](Cc1cncn1CCc1ccccc1)C(=O)O)OCC1c2ccccc2-c2ccccc21. The zero-order valence-electron chi connectivity index (χ0n) is 19.7. The van der Waals surface area contributed by atoms with Crippen LogP contribution in [0.3, 0.4) is 0 Å². The Hall–Kier alpha value is -4.39. The van der Waals surface area contributed by atoms with Crippen LogP contribution in [-0.4, -0.2) is 39.4 Å². The second-order valence-corrected chi connectivity index (χ2v) is 8.88. The van der Waals surface area contributed by atoms with E-state index in [-0.39, 0.29) is 18.9 Å². The van der Waals surface area contributed by atoms with E-state index in [9.17, 15) is 14.7 Å². The quantitative estimate of drug-likeness (QED) is 0.363. The van der Waals surface area contributed by atoms with Crippen molar-refractivity contribution in [3.8, 4) is 11.1 Å². The zero-order valence-corrected chi connectivity index (χ0v) is 19.7. The Morgan fingerprint density at radius 3 is 2.25 bits per heavy atom. The second-order valence-electron chi connectivity index (χ2n) is 8.88. The summed E-state index contributed by atoms with van der Waals surface area (Å²) in [6.45, 7) is 0.790. The number of imidazole rings is 1. The Balaban J connectivity index is 1.21. The van der Waals surface area contributed by atoms with Crippen molar-refractivity contribution in [3.63, 3.8) is 0 Å². The van der Waals surface area contributed by atoms with Gasteiger partial charge in [-0.25, -0.2) is 14.6 Å². The molecule has 1 heterocycles. The molecule has 36 heavy (non-hydrogen) atoms. The van der Waals surface area contributed by atoms with Crippen LogP contribution in [0.5, 0.6) is 0 Å². The van der Waals surface area contributed by atoms with Crippen LogP contribution in [0.4, 0.5) is 4.79 Å². The minimum atomic E-state index is -1.13. The van der Waals surface area contributed by atoms with E-state index in [2.05, 4.69) is 34.6 Å². The van der Waals surface area contributed by atoms with Crippen molar-refractivity contribution in [1.82, 2.24) is 14.9 Å². The van der Waals surface area contributed by atoms with Crippen LogP contribution in [0.15, 0.2) is 91.4 Å². The molecule has 0 fully saturated rings. The Morgan fingerprint density at radius 1 is 0.944 bits per heavy atom. The molecule has 1 amide bonds. The highest BCUT2D eigenvalue weighted by Gasteiger charge is 2.30. The van der Waals surface area contributed by atoms with Crippen LogP contribution < -0.4 is 5.32 Å². The van der Waals surface area contributed by atoms with Gasteiger partial charge in [-0.05, 0) is 34.2 Å². The monoisotopic (exact) mass is 481 g/mol. The molecule has 2 N–H and O–H groups in total. The number of fused-ring (bicyclic) bond motifs is 3. The highest BCUT2D eigenvalue weighted by Crippen LogP contribution is 2.44. The normalized spacial score (nSPS) is 13.0. The average molecular weight is 482 g/mol. The number of aromatic nitrogens is 2. The van der Waals surface area contributed by atoms with Crippen LogP contribution in [0.25, 0.3) is 11.1 Å². The number of hydrogen-bond acceptors (Lipinski definition) is 4. The van der Waals surface area contributed by atoms with Crippen LogP contribution in [0, 0.1) is 0 Å². The van der Waals surface area contributed by atoms with Crippen molar-refractivity contribution >= 4 is 12.1 Å². The summed E-state index contributed by atoms with van der Waals surface area (Å²) >= 11 is 0. The number of hydrogen-bond donors (Lipinski definition) is 2. The molecule has 4 aromatic rings. The van der Waals surface area contributed by atoms with Gasteiger partial charge in [-0.2, -0.15) is 0 Å². The molecule has 0 spiro atoms. The van der Waals surface area contributed by atoms with Crippen molar-refractivity contribution in [3.05, 3.63) is 114 Å². The molecule has 0 unspecified atom stereocenters. The van der Waals surface area contributed by atoms with E-state index in [0.717, 1.165) is 34.4 Å². The summed E-state index contributed by atoms with van der Waals surface area (Å²) in [5, 5.41) is 12.3. The van der Waals surface area contributed by atoms with E-state index in [1.165, 1.54) is 5.56 Å². The van der Waals surface area contributed by atoms with Crippen LogP contribution in [-0.2, 0) is 28.9 Å². The molecular formula is C29H27N3O4. The zero-order chi connectivity index (χ0) is 24.9. The summed E-state index contributed by atoms with van der Waals surface area (Å²) in [4.78, 5) is 28.8. The summed E-state index contributed by atoms with van der Waals surface area (Å²) in [7, 11) is 0. The molecule has 0 bridgehead atoms. The average Bonchev–Trinajstić information content (AvgIpc) is 3.48. The van der Waals surface area contributed by atoms with E-state index in [4.69, 9.17) is 4.74 Å². The van der Waals surface area contributed by atoms with E-state index < -0.39 is 18.1 Å². The largest absolute Gasteiger partial charge is 0.480 e. The number of alkyl carbamates (subject to hydrolysis) is 1. The van der Waals surface area contributed by atoms with Gasteiger partial charge in [-0.3, -0.25) is 0 Å². The van der Waals surface area contributed by atoms with Gasteiger partial charge in [0.05, 0.1) is 6.33 Å². The van der Waals surface area contributed by atoms with Crippen molar-refractivity contribution < 1.29 is 19.4 Å². The smallest absolute Gasteiger partial charge is 0.407 e. The van der Waals surface area contributed by atoms with Crippen LogP contribution >= 0.6 is 0 Å². The van der Waals surface area contributed by atoms with Gasteiger partial charge in [0.2, 0.25) is 0 Å². The first-order valence-electron chi connectivity index (χ1n) is 12.0. The first-order valence-corrected chi connectivity index (χ1v) is 12.0. The number of ether oxygens (including phenoxy) is 1. The maximum absolute atomic E-state index is 12.6. The van der Waals surface area contributed by atoms with E-state index in [1.54, 1.807) is 12.5 Å². The maximum Gasteiger partial charge on any atom is 0.407 e. The molecule has 1 atom stereocenters. The molecule has 3 aromatic carbocycles. The van der Waals surface area contributed by atoms with Crippen LogP contribution in [0.1, 0.15) is 28.3 Å². The number of carbonyl (C=O) groups excluding carboxylic acids is 1. The van der Waals surface area contributed by atoms with E-state index >= 15 is 0 Å². The third-order valence-electron chi connectivity index (χ3n) is 6.63. The molecule has 7 heteroatoms. The topological polar surface area (TPSA) is 93.5 Å². The van der Waals surface area contributed by atoms with Crippen molar-refractivity contribution in [2.75, 3.05) is 6.61 Å². The molecule has 5 rings (SSSR count). The Labute approximate surface area is 209 Å². The molecule has 7 nitrogen and oxygen atoms in total. The fourth-order valence-electron chi connectivity index (χ4n) is 4.81. The minimum Gasteiger partial charge on any atom is -0.480 e. The van der Waals surface area contributed by atoms with Crippen molar-refractivity contribution in [2.45, 2.75) is 31.3 Å². The molecule has 0 saturated carbocycles. The minimum absolute atomic E-state index is 0.0918. The van der Waals surface area contributed by atoms with Crippen LogP contribution in [0.2, 0.25) is 0 Å². The second kappa shape index (κ2) is 10.5. The van der Waals surface area contributed by atoms with E-state index in [0.29, 0.717) is 6.54 Å². The molecule has 182 valence electrons. The van der Waals surface area contributed by atoms with Gasteiger partial charge in [0.25, 0.3) is 0 Å². The molecule has 1 aliphatic rings. The maximum atomic E-state index is 12.6. The highest BCUT2D eigenvalue weighted by atomic mass is 16.5. The fraction of sp³-hybridized carbons (Fsp3) is 0.207. The van der Waals surface area contributed by atoms with Gasteiger partial charge in [0.1, 0.15) is 12.6 Å². The number of aryl methyl sites for hydroxylation is 2. The summed E-state index contributed by atoms with van der Waals surface area (Å²) in [5.41, 5.74) is 6.39. The number of carbonyl (C=O) groups is 2. The van der Waals surface area contributed by atoms with Gasteiger partial charge in [-0.1, -0.05) is 78.9 Å². The molecule has 0 saturated heterocycles. The summed E-state index contributed by atoms with van der Waals surface area (Å²) in [5.74, 6) is -1.22. The first-order chi connectivity index (χ1) is 17.6. The number of nitrogens with zero attached hydrogens (tertiary/aromatic N) is 2. The van der Waals surface area contributed by atoms with Crippen molar-refractivity contribution in [2.24, 2.45) is 0 Å². The number of amides is 1. The third-order valence-corrected chi connectivity index (χ3v) is 6.63. The third kappa shape index (κ3) is 5.00. The number of carboxylic acid groups (broad SMARTS) is 1. The number of benzene rings is 3. The lowest BCUT2D eigenvalue weighted by Crippen LogP contribution is -2.43. The molecular weight excluding hydrogens is 454 g/mol. The first kappa shape index (κ1) is 23.4. The van der Waals surface area contributed by atoms with Gasteiger partial charge in [-0.15, -0.1) is 0 Å². The van der Waals surface area contributed by atoms with Gasteiger partial charge in [0.15, 0.2) is 0 Å². The summed E-state index contributed by atoms with van der Waals surface area (Å²) < 4.78 is 7.46. The number of rotatable bonds is 9. The predicted molar refractivity (Wildman–Crippen MR) is 136 cm³/mol. The van der Waals surface area contributed by atoms with Gasteiger partial charge >= 0.3 is 12.1 Å². The molecule has 0 radical (unpaired) electrons. The standard InChI is InChI=1S/C29H27N3O4/c33-28(34)27(16-21-17-30-19-32(21)15-14-20-8-2-1-3-9-20)31-29(35)36-18-26-24-12-6-4-10-22(24)23-11-5-7-13-25(23)26/h1-13,17,19,26-27H,14-16,18H2,(H,31,35)(H,33,34)/t27-/m0/s1. The summed E-state index contributed by atoms with van der Waals surface area (Å²) in [6.07, 6.45) is 3.47. The molecule has 0 aliphatic heterocycles. The number of nitrogens with one attached hydrogen (secondary N) is 1. The lowest BCUT2D eigenvalue weighted by Gasteiger charge is -2.18. The predicted octanol–water partition coefficient (Wildman–Crippen LogP) is 4.66. The molecule has 1 aliphatic carbocycles. The molecule has 1 aromatic heterocycles. The van der Waals surface area contributed by atoms with Crippen molar-refractivity contribution in [1.29, 1.82) is 0 Å². The number of carboxylic acids is 1. The summed E-state index contributed by atoms with van der Waals surface area (Å²) in [6, 6.07) is 25.1. The van der Waals surface area contributed by atoms with E-state index in [1.807, 2.05) is 59.2 Å². The Bertz CT molecular complexity index is 1320. The Kier molecular flexibility index (Phi) is 6.80. The van der Waals surface area contributed by atoms with Gasteiger partial charge < -0.3 is 19.7 Å². The number of aliphatic carboxylic acids is 1. The lowest BCUT2D eigenvalue weighted by atomic mass is 9.98. The highest BCUT2D eigenvalue weighted by molar-refractivity contribution is 5.81. The van der Waals surface area contributed by atoms with Gasteiger partial charge in [0, 0.05) is 30.8 Å². The fourth-order valence-corrected chi connectivity index (χ4v) is 4.81.